The second kappa shape index (κ2) is 6.58. The van der Waals surface area contributed by atoms with Crippen LogP contribution in [-0.2, 0) is 17.8 Å². The lowest BCUT2D eigenvalue weighted by Gasteiger charge is -2.36. The molecule has 2 heterocycles. The lowest BCUT2D eigenvalue weighted by molar-refractivity contribution is -0.139. The Morgan fingerprint density at radius 3 is 2.37 bits per heavy atom. The number of ether oxygens (including phenoxy) is 1. The maximum absolute atomic E-state index is 13.3. The first kappa shape index (κ1) is 16.1. The first-order valence-corrected chi connectivity index (χ1v) is 9.46. The lowest BCUT2D eigenvalue weighted by atomic mass is 9.84. The van der Waals surface area contributed by atoms with Crippen molar-refractivity contribution in [1.82, 2.24) is 4.90 Å². The fourth-order valence-electron chi connectivity index (χ4n) is 4.27. The zero-order valence-corrected chi connectivity index (χ0v) is 15.0. The van der Waals surface area contributed by atoms with Gasteiger partial charge in [0.05, 0.1) is 0 Å². The highest BCUT2D eigenvalue weighted by Crippen LogP contribution is 2.35. The number of hydrogen-bond donors (Lipinski definition) is 0. The summed E-state index contributed by atoms with van der Waals surface area (Å²) < 4.78 is 5.96. The SMILES string of the molecule is O=C([C@H]1Cc2ccccc2O1)N1Cc2ccccc2[C@@H](c2ccccc2)C1. The molecule has 0 saturated carbocycles. The van der Waals surface area contributed by atoms with Gasteiger partial charge in [0.1, 0.15) is 5.75 Å². The fourth-order valence-corrected chi connectivity index (χ4v) is 4.27. The molecule has 0 spiro atoms. The minimum Gasteiger partial charge on any atom is -0.480 e. The van der Waals surface area contributed by atoms with E-state index in [-0.39, 0.29) is 11.8 Å². The molecular weight excluding hydrogens is 334 g/mol. The number of hydrogen-bond acceptors (Lipinski definition) is 2. The monoisotopic (exact) mass is 355 g/mol. The number of nitrogens with zero attached hydrogens (tertiary/aromatic N) is 1. The minimum atomic E-state index is -0.413. The van der Waals surface area contributed by atoms with Crippen molar-refractivity contribution in [3.8, 4) is 5.75 Å². The molecule has 134 valence electrons. The van der Waals surface area contributed by atoms with Crippen molar-refractivity contribution >= 4 is 5.91 Å². The molecular formula is C24H21NO2. The van der Waals surface area contributed by atoms with E-state index in [2.05, 4.69) is 48.5 Å². The van der Waals surface area contributed by atoms with Crippen molar-refractivity contribution in [1.29, 1.82) is 0 Å². The van der Waals surface area contributed by atoms with E-state index in [0.717, 1.165) is 11.3 Å². The van der Waals surface area contributed by atoms with Crippen LogP contribution in [0, 0.1) is 0 Å². The van der Waals surface area contributed by atoms with Crippen LogP contribution in [0.3, 0.4) is 0 Å². The molecule has 0 saturated heterocycles. The summed E-state index contributed by atoms with van der Waals surface area (Å²) in [5.74, 6) is 1.12. The summed E-state index contributed by atoms with van der Waals surface area (Å²) in [6.45, 7) is 1.34. The second-order valence-corrected chi connectivity index (χ2v) is 7.30. The van der Waals surface area contributed by atoms with E-state index in [4.69, 9.17) is 4.74 Å². The summed E-state index contributed by atoms with van der Waals surface area (Å²) in [5.41, 5.74) is 4.91. The smallest absolute Gasteiger partial charge is 0.264 e. The van der Waals surface area contributed by atoms with Crippen LogP contribution in [0.1, 0.15) is 28.2 Å². The number of rotatable bonds is 2. The van der Waals surface area contributed by atoms with Gasteiger partial charge in [0.15, 0.2) is 6.10 Å². The Balaban J connectivity index is 1.44. The van der Waals surface area contributed by atoms with Gasteiger partial charge in [-0.2, -0.15) is 0 Å². The number of fused-ring (bicyclic) bond motifs is 2. The predicted octanol–water partition coefficient (Wildman–Crippen LogP) is 4.16. The molecule has 0 aromatic heterocycles. The van der Waals surface area contributed by atoms with Crippen LogP contribution >= 0.6 is 0 Å². The van der Waals surface area contributed by atoms with Gasteiger partial charge in [0, 0.05) is 25.4 Å². The van der Waals surface area contributed by atoms with Gasteiger partial charge >= 0.3 is 0 Å². The predicted molar refractivity (Wildman–Crippen MR) is 105 cm³/mol. The van der Waals surface area contributed by atoms with Gasteiger partial charge in [-0.25, -0.2) is 0 Å². The van der Waals surface area contributed by atoms with E-state index >= 15 is 0 Å². The Labute approximate surface area is 159 Å². The number of benzene rings is 3. The Bertz CT molecular complexity index is 957. The molecule has 2 aliphatic rings. The zero-order valence-electron chi connectivity index (χ0n) is 15.0. The third kappa shape index (κ3) is 2.89. The Kier molecular flexibility index (Phi) is 3.93. The summed E-state index contributed by atoms with van der Waals surface area (Å²) in [4.78, 5) is 15.2. The van der Waals surface area contributed by atoms with Gasteiger partial charge in [-0.1, -0.05) is 72.8 Å². The van der Waals surface area contributed by atoms with Gasteiger partial charge in [-0.3, -0.25) is 4.79 Å². The molecule has 0 N–H and O–H groups in total. The van der Waals surface area contributed by atoms with Crippen molar-refractivity contribution in [3.05, 3.63) is 101 Å². The number of amides is 1. The molecule has 0 radical (unpaired) electrons. The van der Waals surface area contributed by atoms with Gasteiger partial charge in [-0.15, -0.1) is 0 Å². The van der Waals surface area contributed by atoms with Gasteiger partial charge < -0.3 is 9.64 Å². The van der Waals surface area contributed by atoms with E-state index in [1.807, 2.05) is 35.2 Å². The van der Waals surface area contributed by atoms with Gasteiger partial charge in [0.25, 0.3) is 5.91 Å². The van der Waals surface area contributed by atoms with Crippen LogP contribution < -0.4 is 4.74 Å². The Morgan fingerprint density at radius 2 is 1.56 bits per heavy atom. The second-order valence-electron chi connectivity index (χ2n) is 7.30. The van der Waals surface area contributed by atoms with Crippen LogP contribution in [-0.4, -0.2) is 23.5 Å². The normalized spacial score (nSPS) is 20.5. The third-order valence-electron chi connectivity index (χ3n) is 5.63. The summed E-state index contributed by atoms with van der Waals surface area (Å²) >= 11 is 0. The Morgan fingerprint density at radius 1 is 0.852 bits per heavy atom. The topological polar surface area (TPSA) is 29.5 Å². The summed E-state index contributed by atoms with van der Waals surface area (Å²) in [5, 5.41) is 0. The quantitative estimate of drug-likeness (QED) is 0.691. The fraction of sp³-hybridized carbons (Fsp3) is 0.208. The van der Waals surface area contributed by atoms with Gasteiger partial charge in [0.2, 0.25) is 0 Å². The van der Waals surface area contributed by atoms with Gasteiger partial charge in [-0.05, 0) is 28.3 Å². The highest BCUT2D eigenvalue weighted by molar-refractivity contribution is 5.83. The average Bonchev–Trinajstić information content (AvgIpc) is 3.17. The average molecular weight is 355 g/mol. The van der Waals surface area contributed by atoms with E-state index in [1.54, 1.807) is 0 Å². The van der Waals surface area contributed by atoms with Crippen LogP contribution in [0.5, 0.6) is 5.75 Å². The van der Waals surface area contributed by atoms with E-state index < -0.39 is 6.10 Å². The Hall–Kier alpha value is -3.07. The molecule has 1 amide bonds. The van der Waals surface area contributed by atoms with Crippen molar-refractivity contribution in [3.63, 3.8) is 0 Å². The molecule has 3 heteroatoms. The van der Waals surface area contributed by atoms with Crippen LogP contribution in [0.15, 0.2) is 78.9 Å². The highest BCUT2D eigenvalue weighted by atomic mass is 16.5. The van der Waals surface area contributed by atoms with E-state index in [1.165, 1.54) is 16.7 Å². The first-order chi connectivity index (χ1) is 13.3. The van der Waals surface area contributed by atoms with Crippen LogP contribution in [0.4, 0.5) is 0 Å². The molecule has 0 bridgehead atoms. The maximum atomic E-state index is 13.3. The number of carbonyl (C=O) groups excluding carboxylic acids is 1. The highest BCUT2D eigenvalue weighted by Gasteiger charge is 2.36. The molecule has 27 heavy (non-hydrogen) atoms. The molecule has 0 aliphatic carbocycles. The molecule has 3 aromatic rings. The van der Waals surface area contributed by atoms with Crippen LogP contribution in [0.2, 0.25) is 0 Å². The molecule has 3 nitrogen and oxygen atoms in total. The standard InChI is InChI=1S/C24H21NO2/c26-24(23-14-18-10-5-7-13-22(18)27-23)25-15-19-11-4-6-12-20(19)21(16-25)17-8-2-1-3-9-17/h1-13,21,23H,14-16H2/t21-,23-/m1/s1. The molecule has 2 atom stereocenters. The summed E-state index contributed by atoms with van der Waals surface area (Å²) in [7, 11) is 0. The first-order valence-electron chi connectivity index (χ1n) is 9.46. The van der Waals surface area contributed by atoms with Crippen molar-refractivity contribution in [2.75, 3.05) is 6.54 Å². The van der Waals surface area contributed by atoms with Crippen molar-refractivity contribution in [2.24, 2.45) is 0 Å². The summed E-state index contributed by atoms with van der Waals surface area (Å²) in [6.07, 6.45) is 0.243. The molecule has 5 rings (SSSR count). The molecule has 0 fully saturated rings. The lowest BCUT2D eigenvalue weighted by Crippen LogP contribution is -2.45. The minimum absolute atomic E-state index is 0.0848. The largest absolute Gasteiger partial charge is 0.480 e. The van der Waals surface area contributed by atoms with E-state index in [0.29, 0.717) is 19.5 Å². The molecule has 0 unspecified atom stereocenters. The van der Waals surface area contributed by atoms with E-state index in [9.17, 15) is 4.79 Å². The maximum Gasteiger partial charge on any atom is 0.264 e. The zero-order chi connectivity index (χ0) is 18.2. The molecule has 2 aliphatic heterocycles. The molecule has 3 aromatic carbocycles. The number of para-hydroxylation sites is 1. The summed E-state index contributed by atoms with van der Waals surface area (Å²) in [6, 6.07) is 26.9. The van der Waals surface area contributed by atoms with Crippen LogP contribution in [0.25, 0.3) is 0 Å². The van der Waals surface area contributed by atoms with Crippen molar-refractivity contribution < 1.29 is 9.53 Å². The van der Waals surface area contributed by atoms with Crippen molar-refractivity contribution in [2.45, 2.75) is 25.0 Å². The third-order valence-corrected chi connectivity index (χ3v) is 5.63. The number of carbonyl (C=O) groups is 1.